The van der Waals surface area contributed by atoms with E-state index in [-0.39, 0.29) is 23.5 Å². The zero-order valence-electron chi connectivity index (χ0n) is 10.1. The number of rotatable bonds is 6. The first-order valence-electron chi connectivity index (χ1n) is 5.15. The minimum absolute atomic E-state index is 0.0895. The summed E-state index contributed by atoms with van der Waals surface area (Å²) in [6.07, 6.45) is 0. The lowest BCUT2D eigenvalue weighted by Gasteiger charge is -2.10. The van der Waals surface area contributed by atoms with E-state index in [4.69, 9.17) is 9.47 Å². The molecule has 1 aromatic rings. The average Bonchev–Trinajstić information content (AvgIpc) is 2.37. The van der Waals surface area contributed by atoms with Gasteiger partial charge in [0.05, 0.1) is 25.2 Å². The van der Waals surface area contributed by atoms with Crippen molar-refractivity contribution in [2.75, 3.05) is 27.4 Å². The summed E-state index contributed by atoms with van der Waals surface area (Å²) in [5, 5.41) is 10.8. The first-order valence-corrected chi connectivity index (χ1v) is 5.15. The molecule has 6 nitrogen and oxygen atoms in total. The Bertz CT molecular complexity index is 440. The molecule has 0 fully saturated rings. The van der Waals surface area contributed by atoms with Crippen LogP contribution < -0.4 is 9.84 Å². The van der Waals surface area contributed by atoms with Crippen molar-refractivity contribution in [1.82, 2.24) is 0 Å². The highest BCUT2D eigenvalue weighted by Crippen LogP contribution is 2.18. The maximum Gasteiger partial charge on any atom is 0.338 e. The van der Waals surface area contributed by atoms with Crippen LogP contribution in [0.25, 0.3) is 0 Å². The van der Waals surface area contributed by atoms with E-state index in [2.05, 4.69) is 4.74 Å². The van der Waals surface area contributed by atoms with E-state index in [1.54, 1.807) is 0 Å². The van der Waals surface area contributed by atoms with Crippen molar-refractivity contribution in [3.8, 4) is 5.75 Å². The van der Waals surface area contributed by atoms with Gasteiger partial charge in [0.1, 0.15) is 12.4 Å². The quantitative estimate of drug-likeness (QED) is 0.518. The molecule has 0 aliphatic carbocycles. The topological polar surface area (TPSA) is 84.9 Å². The summed E-state index contributed by atoms with van der Waals surface area (Å²) in [6, 6.07) is 3.84. The predicted octanol–water partition coefficient (Wildman–Crippen LogP) is -0.138. The molecular formula is C12H13O6-. The fourth-order valence-electron chi connectivity index (χ4n) is 1.28. The molecule has 0 N–H and O–H groups in total. The van der Waals surface area contributed by atoms with Crippen LogP contribution in [0.1, 0.15) is 20.7 Å². The van der Waals surface area contributed by atoms with Gasteiger partial charge >= 0.3 is 5.97 Å². The minimum Gasteiger partial charge on any atom is -0.545 e. The molecule has 1 rings (SSSR count). The van der Waals surface area contributed by atoms with Gasteiger partial charge in [-0.3, -0.25) is 0 Å². The Kier molecular flexibility index (Phi) is 5.13. The number of carbonyl (C=O) groups is 2. The maximum atomic E-state index is 11.4. The number of hydrogen-bond donors (Lipinski definition) is 0. The normalized spacial score (nSPS) is 9.89. The lowest BCUT2D eigenvalue weighted by atomic mass is 10.1. The molecule has 0 amide bonds. The van der Waals surface area contributed by atoms with Gasteiger partial charge in [0.2, 0.25) is 0 Å². The molecule has 6 heteroatoms. The summed E-state index contributed by atoms with van der Waals surface area (Å²) in [5.74, 6) is -1.79. The van der Waals surface area contributed by atoms with Crippen molar-refractivity contribution in [3.05, 3.63) is 29.3 Å². The number of carboxylic acids is 1. The Morgan fingerprint density at radius 1 is 1.11 bits per heavy atom. The molecule has 0 heterocycles. The van der Waals surface area contributed by atoms with Gasteiger partial charge in [0.25, 0.3) is 0 Å². The number of aromatic carboxylic acids is 1. The molecule has 0 atom stereocenters. The highest BCUT2D eigenvalue weighted by molar-refractivity contribution is 5.94. The second-order valence-electron chi connectivity index (χ2n) is 3.37. The molecule has 1 aromatic carbocycles. The fourth-order valence-corrected chi connectivity index (χ4v) is 1.28. The number of benzene rings is 1. The summed E-state index contributed by atoms with van der Waals surface area (Å²) >= 11 is 0. The summed E-state index contributed by atoms with van der Waals surface area (Å²) in [7, 11) is 2.72. The molecule has 0 aliphatic heterocycles. The van der Waals surface area contributed by atoms with Gasteiger partial charge in [-0.1, -0.05) is 0 Å². The van der Waals surface area contributed by atoms with Crippen molar-refractivity contribution in [3.63, 3.8) is 0 Å². The third kappa shape index (κ3) is 3.74. The molecule has 98 valence electrons. The van der Waals surface area contributed by atoms with Crippen molar-refractivity contribution >= 4 is 11.9 Å². The first-order chi connectivity index (χ1) is 8.58. The van der Waals surface area contributed by atoms with Crippen molar-refractivity contribution < 1.29 is 28.9 Å². The van der Waals surface area contributed by atoms with Gasteiger partial charge in [-0.2, -0.15) is 0 Å². The third-order valence-electron chi connectivity index (χ3n) is 2.12. The molecule has 0 saturated carbocycles. The Labute approximate surface area is 104 Å². The van der Waals surface area contributed by atoms with E-state index < -0.39 is 11.9 Å². The highest BCUT2D eigenvalue weighted by atomic mass is 16.5. The van der Waals surface area contributed by atoms with Crippen LogP contribution >= 0.6 is 0 Å². The smallest absolute Gasteiger partial charge is 0.338 e. The van der Waals surface area contributed by atoms with Crippen molar-refractivity contribution in [2.24, 2.45) is 0 Å². The number of esters is 1. The number of carboxylic acid groups (broad SMARTS) is 1. The van der Waals surface area contributed by atoms with Crippen molar-refractivity contribution in [2.45, 2.75) is 0 Å². The largest absolute Gasteiger partial charge is 0.545 e. The van der Waals surface area contributed by atoms with Crippen LogP contribution in [0.4, 0.5) is 0 Å². The molecule has 18 heavy (non-hydrogen) atoms. The second-order valence-corrected chi connectivity index (χ2v) is 3.37. The van der Waals surface area contributed by atoms with Crippen LogP contribution in [0.15, 0.2) is 18.2 Å². The van der Waals surface area contributed by atoms with Crippen LogP contribution in [0.5, 0.6) is 5.75 Å². The maximum absolute atomic E-state index is 11.4. The lowest BCUT2D eigenvalue weighted by Crippen LogP contribution is -2.23. The molecule has 0 radical (unpaired) electrons. The molecule has 0 saturated heterocycles. The van der Waals surface area contributed by atoms with Crippen LogP contribution in [-0.2, 0) is 9.47 Å². The van der Waals surface area contributed by atoms with E-state index in [0.29, 0.717) is 6.61 Å². The van der Waals surface area contributed by atoms with E-state index in [1.807, 2.05) is 0 Å². The third-order valence-corrected chi connectivity index (χ3v) is 2.12. The Morgan fingerprint density at radius 3 is 2.33 bits per heavy atom. The van der Waals surface area contributed by atoms with E-state index in [1.165, 1.54) is 32.4 Å². The number of carbonyl (C=O) groups excluding carboxylic acids is 2. The van der Waals surface area contributed by atoms with Crippen LogP contribution in [0, 0.1) is 0 Å². The fraction of sp³-hybridized carbons (Fsp3) is 0.333. The van der Waals surface area contributed by atoms with Crippen LogP contribution in [-0.4, -0.2) is 39.4 Å². The standard InChI is InChI=1S/C12H14O6/c1-16-3-4-18-10-6-8(11(13)14)5-9(7-10)12(15)17-2/h5-7H,3-4H2,1-2H3,(H,13,14)/p-1. The van der Waals surface area contributed by atoms with Gasteiger partial charge in [0, 0.05) is 12.7 Å². The van der Waals surface area contributed by atoms with E-state index in [9.17, 15) is 14.7 Å². The Hall–Kier alpha value is -2.08. The highest BCUT2D eigenvalue weighted by Gasteiger charge is 2.10. The van der Waals surface area contributed by atoms with Gasteiger partial charge in [-0.15, -0.1) is 0 Å². The summed E-state index contributed by atoms with van der Waals surface area (Å²) < 4.78 is 14.6. The summed E-state index contributed by atoms with van der Waals surface area (Å²) in [4.78, 5) is 22.2. The van der Waals surface area contributed by atoms with Gasteiger partial charge in [0.15, 0.2) is 0 Å². The van der Waals surface area contributed by atoms with Crippen molar-refractivity contribution in [1.29, 1.82) is 0 Å². The van der Waals surface area contributed by atoms with Gasteiger partial charge in [-0.05, 0) is 18.2 Å². The minimum atomic E-state index is -1.39. The number of methoxy groups -OCH3 is 2. The molecular weight excluding hydrogens is 240 g/mol. The van der Waals surface area contributed by atoms with Crippen LogP contribution in [0.2, 0.25) is 0 Å². The lowest BCUT2D eigenvalue weighted by molar-refractivity contribution is -0.255. The Balaban J connectivity index is 2.98. The number of ether oxygens (including phenoxy) is 3. The summed E-state index contributed by atoms with van der Waals surface area (Å²) in [5.41, 5.74) is -0.0584. The van der Waals surface area contributed by atoms with E-state index >= 15 is 0 Å². The zero-order valence-corrected chi connectivity index (χ0v) is 10.1. The van der Waals surface area contributed by atoms with Gasteiger partial charge in [-0.25, -0.2) is 4.79 Å². The molecule has 0 bridgehead atoms. The average molecular weight is 253 g/mol. The SMILES string of the molecule is COCCOc1cc(C(=O)[O-])cc(C(=O)OC)c1. The monoisotopic (exact) mass is 253 g/mol. The first kappa shape index (κ1) is 14.0. The number of hydrogen-bond acceptors (Lipinski definition) is 6. The van der Waals surface area contributed by atoms with Crippen LogP contribution in [0.3, 0.4) is 0 Å². The van der Waals surface area contributed by atoms with Gasteiger partial charge < -0.3 is 24.1 Å². The Morgan fingerprint density at radius 2 is 1.78 bits per heavy atom. The molecule has 0 unspecified atom stereocenters. The molecule has 0 spiro atoms. The summed E-state index contributed by atoms with van der Waals surface area (Å²) in [6.45, 7) is 0.594. The zero-order chi connectivity index (χ0) is 13.5. The molecule has 0 aromatic heterocycles. The molecule has 0 aliphatic rings. The van der Waals surface area contributed by atoms with E-state index in [0.717, 1.165) is 0 Å². The second kappa shape index (κ2) is 6.61. The predicted molar refractivity (Wildman–Crippen MR) is 59.5 cm³/mol.